The number of rotatable bonds is 7. The zero-order valence-electron chi connectivity index (χ0n) is 21.7. The van der Waals surface area contributed by atoms with E-state index in [1.54, 1.807) is 25.4 Å². The van der Waals surface area contributed by atoms with Gasteiger partial charge in [-0.3, -0.25) is 9.78 Å². The average Bonchev–Trinajstić information content (AvgIpc) is 3.60. The minimum absolute atomic E-state index is 0.0679. The van der Waals surface area contributed by atoms with Crippen LogP contribution in [-0.4, -0.2) is 45.4 Å². The van der Waals surface area contributed by atoms with Crippen LogP contribution in [-0.2, 0) is 11.3 Å². The molecule has 0 N–H and O–H groups in total. The summed E-state index contributed by atoms with van der Waals surface area (Å²) in [5.41, 5.74) is 5.15. The van der Waals surface area contributed by atoms with Crippen molar-refractivity contribution >= 4 is 22.7 Å². The molecule has 39 heavy (non-hydrogen) atoms. The number of aromatic nitrogens is 3. The van der Waals surface area contributed by atoms with Crippen LogP contribution in [0.4, 0.5) is 0 Å². The van der Waals surface area contributed by atoms with Gasteiger partial charge in [0.05, 0.1) is 37.0 Å². The largest absolute Gasteiger partial charge is 0.497 e. The third-order valence-electron chi connectivity index (χ3n) is 6.93. The van der Waals surface area contributed by atoms with Crippen LogP contribution in [0.5, 0.6) is 11.5 Å². The summed E-state index contributed by atoms with van der Waals surface area (Å²) >= 11 is 0. The van der Waals surface area contributed by atoms with Gasteiger partial charge in [-0.15, -0.1) is 0 Å². The Morgan fingerprint density at radius 2 is 1.56 bits per heavy atom. The Bertz CT molecular complexity index is 1640. The molecule has 0 fully saturated rings. The number of carbonyl (C=O) groups is 1. The third-order valence-corrected chi connectivity index (χ3v) is 6.93. The Morgan fingerprint density at radius 3 is 2.26 bits per heavy atom. The van der Waals surface area contributed by atoms with Crippen LogP contribution in [0.2, 0.25) is 0 Å². The number of benzene rings is 3. The summed E-state index contributed by atoms with van der Waals surface area (Å²) in [5.74, 6) is 2.03. The van der Waals surface area contributed by atoms with E-state index in [-0.39, 0.29) is 18.5 Å². The van der Waals surface area contributed by atoms with E-state index in [2.05, 4.69) is 4.98 Å². The smallest absolute Gasteiger partial charge is 0.263 e. The Balaban J connectivity index is 1.38. The minimum Gasteiger partial charge on any atom is -0.497 e. The van der Waals surface area contributed by atoms with Crippen molar-refractivity contribution in [1.82, 2.24) is 19.5 Å². The lowest BCUT2D eigenvalue weighted by molar-refractivity contribution is -0.133. The molecule has 3 heterocycles. The molecule has 1 unspecified atom stereocenters. The molecule has 3 aromatic carbocycles. The second-order valence-corrected chi connectivity index (χ2v) is 9.23. The first kappa shape index (κ1) is 24.4. The SMILES string of the molecule is COc1ccc(C2=NN(C(=O)Cn3c(-c4ccccn4)nc4ccccc43)C(c3ccc(OC)cc3)C2)cc1. The summed E-state index contributed by atoms with van der Waals surface area (Å²) in [5, 5.41) is 6.47. The Labute approximate surface area is 226 Å². The summed E-state index contributed by atoms with van der Waals surface area (Å²) in [6, 6.07) is 28.8. The lowest BCUT2D eigenvalue weighted by atomic mass is 9.98. The van der Waals surface area contributed by atoms with Crippen LogP contribution >= 0.6 is 0 Å². The van der Waals surface area contributed by atoms with Crippen LogP contribution in [0.3, 0.4) is 0 Å². The number of hydrazone groups is 1. The Morgan fingerprint density at radius 1 is 0.872 bits per heavy atom. The molecule has 0 radical (unpaired) electrons. The topological polar surface area (TPSA) is 81.8 Å². The molecule has 0 spiro atoms. The molecular formula is C31H27N5O3. The maximum atomic E-state index is 14.0. The maximum absolute atomic E-state index is 14.0. The van der Waals surface area contributed by atoms with E-state index in [4.69, 9.17) is 19.6 Å². The van der Waals surface area contributed by atoms with Crippen LogP contribution in [0.1, 0.15) is 23.6 Å². The van der Waals surface area contributed by atoms with Gasteiger partial charge in [-0.25, -0.2) is 9.99 Å². The highest BCUT2D eigenvalue weighted by molar-refractivity contribution is 6.03. The number of hydrogen-bond acceptors (Lipinski definition) is 6. The van der Waals surface area contributed by atoms with Gasteiger partial charge in [0, 0.05) is 12.6 Å². The molecule has 0 saturated carbocycles. The summed E-state index contributed by atoms with van der Waals surface area (Å²) in [7, 11) is 3.28. The number of amides is 1. The predicted octanol–water partition coefficient (Wildman–Crippen LogP) is 5.49. The normalized spacial score (nSPS) is 14.9. The van der Waals surface area contributed by atoms with Crippen molar-refractivity contribution in [3.05, 3.63) is 108 Å². The number of ether oxygens (including phenoxy) is 2. The van der Waals surface area contributed by atoms with E-state index in [1.807, 2.05) is 95.6 Å². The quantitative estimate of drug-likeness (QED) is 0.285. The van der Waals surface area contributed by atoms with E-state index in [9.17, 15) is 4.79 Å². The van der Waals surface area contributed by atoms with Crippen molar-refractivity contribution in [2.75, 3.05) is 14.2 Å². The molecule has 0 bridgehead atoms. The highest BCUT2D eigenvalue weighted by Crippen LogP contribution is 2.35. The van der Waals surface area contributed by atoms with Crippen LogP contribution in [0.15, 0.2) is 102 Å². The van der Waals surface area contributed by atoms with Gasteiger partial charge >= 0.3 is 0 Å². The molecule has 194 valence electrons. The summed E-state index contributed by atoms with van der Waals surface area (Å²) < 4.78 is 12.6. The number of imidazole rings is 1. The summed E-state index contributed by atoms with van der Waals surface area (Å²) in [4.78, 5) is 23.3. The number of para-hydroxylation sites is 2. The number of carbonyl (C=O) groups excluding carboxylic acids is 1. The van der Waals surface area contributed by atoms with Gasteiger partial charge in [0.2, 0.25) is 0 Å². The van der Waals surface area contributed by atoms with E-state index < -0.39 is 0 Å². The van der Waals surface area contributed by atoms with Crippen LogP contribution < -0.4 is 9.47 Å². The molecule has 2 aromatic heterocycles. The standard InChI is InChI=1S/C31H27N5O3/c1-38-23-14-10-21(11-15-23)27-19-29(22-12-16-24(39-2)17-13-22)36(34-27)30(37)20-35-28-9-4-3-7-25(28)33-31(35)26-8-5-6-18-32-26/h3-18,29H,19-20H2,1-2H3. The van der Waals surface area contributed by atoms with Crippen molar-refractivity contribution < 1.29 is 14.3 Å². The zero-order chi connectivity index (χ0) is 26.8. The summed E-state index contributed by atoms with van der Waals surface area (Å²) in [6.07, 6.45) is 2.31. The third kappa shape index (κ3) is 4.72. The minimum atomic E-state index is -0.256. The fourth-order valence-electron chi connectivity index (χ4n) is 4.92. The van der Waals surface area contributed by atoms with E-state index in [0.29, 0.717) is 17.9 Å². The molecule has 8 heteroatoms. The summed E-state index contributed by atoms with van der Waals surface area (Å²) in [6.45, 7) is 0.0679. The molecule has 1 amide bonds. The Hall–Kier alpha value is -4.98. The first-order valence-corrected chi connectivity index (χ1v) is 12.7. The molecule has 0 aliphatic carbocycles. The first-order chi connectivity index (χ1) is 19.1. The number of nitrogens with zero attached hydrogens (tertiary/aromatic N) is 5. The van der Waals surface area contributed by atoms with E-state index in [0.717, 1.165) is 39.4 Å². The molecule has 8 nitrogen and oxygen atoms in total. The van der Waals surface area contributed by atoms with Gasteiger partial charge in [0.1, 0.15) is 23.7 Å². The van der Waals surface area contributed by atoms with Crippen molar-refractivity contribution in [2.24, 2.45) is 5.10 Å². The highest BCUT2D eigenvalue weighted by Gasteiger charge is 2.34. The van der Waals surface area contributed by atoms with Gasteiger partial charge in [-0.2, -0.15) is 5.10 Å². The predicted molar refractivity (Wildman–Crippen MR) is 150 cm³/mol. The second-order valence-electron chi connectivity index (χ2n) is 9.23. The van der Waals surface area contributed by atoms with Crippen molar-refractivity contribution in [3.63, 3.8) is 0 Å². The fraction of sp³-hybridized carbons (Fsp3) is 0.161. The van der Waals surface area contributed by atoms with Crippen molar-refractivity contribution in [1.29, 1.82) is 0 Å². The molecule has 0 saturated heterocycles. The zero-order valence-corrected chi connectivity index (χ0v) is 21.7. The molecule has 1 aliphatic rings. The maximum Gasteiger partial charge on any atom is 0.263 e. The average molecular weight is 518 g/mol. The van der Waals surface area contributed by atoms with Gasteiger partial charge < -0.3 is 14.0 Å². The van der Waals surface area contributed by atoms with E-state index >= 15 is 0 Å². The number of hydrogen-bond donors (Lipinski definition) is 0. The van der Waals surface area contributed by atoms with Gasteiger partial charge in [-0.05, 0) is 71.8 Å². The molecule has 6 rings (SSSR count). The van der Waals surface area contributed by atoms with Crippen molar-refractivity contribution in [2.45, 2.75) is 19.0 Å². The van der Waals surface area contributed by atoms with Crippen LogP contribution in [0.25, 0.3) is 22.6 Å². The molecular weight excluding hydrogens is 490 g/mol. The van der Waals surface area contributed by atoms with Crippen molar-refractivity contribution in [3.8, 4) is 23.0 Å². The molecule has 1 aliphatic heterocycles. The van der Waals surface area contributed by atoms with Gasteiger partial charge in [-0.1, -0.05) is 30.3 Å². The van der Waals surface area contributed by atoms with Gasteiger partial charge in [0.25, 0.3) is 5.91 Å². The number of fused-ring (bicyclic) bond motifs is 1. The molecule has 1 atom stereocenters. The Kier molecular flexibility index (Phi) is 6.50. The lowest BCUT2D eigenvalue weighted by Gasteiger charge is -2.23. The monoisotopic (exact) mass is 517 g/mol. The van der Waals surface area contributed by atoms with Gasteiger partial charge in [0.15, 0.2) is 5.82 Å². The number of pyridine rings is 1. The van der Waals surface area contributed by atoms with Crippen LogP contribution in [0, 0.1) is 0 Å². The van der Waals surface area contributed by atoms with E-state index in [1.165, 1.54) is 0 Å². The first-order valence-electron chi connectivity index (χ1n) is 12.7. The lowest BCUT2D eigenvalue weighted by Crippen LogP contribution is -2.30. The second kappa shape index (κ2) is 10.4. The fourth-order valence-corrected chi connectivity index (χ4v) is 4.92. The highest BCUT2D eigenvalue weighted by atomic mass is 16.5. The molecule has 5 aromatic rings. The number of methoxy groups -OCH3 is 2.